The minimum Gasteiger partial charge on any atom is -0.394 e. The molecule has 1 fully saturated rings. The van der Waals surface area contributed by atoms with E-state index in [1.165, 1.54) is 6.92 Å². The van der Waals surface area contributed by atoms with Crippen LogP contribution < -0.4 is 16.4 Å². The molecular weight excluding hydrogens is 486 g/mol. The molecule has 1 heterocycles. The molecule has 7 atom stereocenters. The van der Waals surface area contributed by atoms with Crippen LogP contribution >= 0.6 is 0 Å². The highest BCUT2D eigenvalue weighted by Gasteiger charge is 2.45. The van der Waals surface area contributed by atoms with Gasteiger partial charge in [0, 0.05) is 25.7 Å². The highest BCUT2D eigenvalue weighted by Crippen LogP contribution is 2.23. The summed E-state index contributed by atoms with van der Waals surface area (Å²) in [5.74, 6) is -2.94. The smallest absolute Gasteiger partial charge is 0.221 e. The van der Waals surface area contributed by atoms with E-state index in [1.54, 1.807) is 19.1 Å². The molecule has 206 valence electrons. The van der Waals surface area contributed by atoms with Crippen LogP contribution in [-0.2, 0) is 35.1 Å². The second-order valence-corrected chi connectivity index (χ2v) is 9.10. The molecule has 1 aliphatic rings. The molecule has 1 aromatic carbocycles. The Morgan fingerprint density at radius 2 is 1.81 bits per heavy atom. The molecule has 1 aromatic rings. The van der Waals surface area contributed by atoms with E-state index < -0.39 is 79.3 Å². The maximum atomic E-state index is 13.2. The number of rotatable bonds is 14. The number of ketones is 1. The Bertz CT molecular complexity index is 914. The molecule has 0 saturated carbocycles. The second kappa shape index (κ2) is 14.7. The van der Waals surface area contributed by atoms with E-state index in [2.05, 4.69) is 10.6 Å². The van der Waals surface area contributed by atoms with E-state index in [4.69, 9.17) is 15.2 Å². The van der Waals surface area contributed by atoms with Crippen molar-refractivity contribution in [3.05, 3.63) is 35.9 Å². The van der Waals surface area contributed by atoms with E-state index in [0.29, 0.717) is 6.42 Å². The summed E-state index contributed by atoms with van der Waals surface area (Å²) in [7, 11) is 0. The van der Waals surface area contributed by atoms with Gasteiger partial charge in [0.25, 0.3) is 0 Å². The first-order valence-corrected chi connectivity index (χ1v) is 12.2. The van der Waals surface area contributed by atoms with Crippen LogP contribution in [0, 0.1) is 5.92 Å². The molecule has 37 heavy (non-hydrogen) atoms. The van der Waals surface area contributed by atoms with Crippen LogP contribution in [0.25, 0.3) is 0 Å². The number of primary amides is 1. The normalized spacial score (nSPS) is 25.1. The Morgan fingerprint density at radius 1 is 1.14 bits per heavy atom. The minimum atomic E-state index is -1.53. The average Bonchev–Trinajstić information content (AvgIpc) is 2.85. The summed E-state index contributed by atoms with van der Waals surface area (Å²) in [6, 6.07) is 6.65. The predicted molar refractivity (Wildman–Crippen MR) is 131 cm³/mol. The molecule has 12 nitrogen and oxygen atoms in total. The van der Waals surface area contributed by atoms with Crippen LogP contribution in [0.4, 0.5) is 0 Å². The predicted octanol–water partition coefficient (Wildman–Crippen LogP) is -1.46. The van der Waals surface area contributed by atoms with Crippen LogP contribution in [0.1, 0.15) is 38.7 Å². The van der Waals surface area contributed by atoms with Gasteiger partial charge in [-0.1, -0.05) is 37.3 Å². The molecule has 2 unspecified atom stereocenters. The van der Waals surface area contributed by atoms with E-state index in [9.17, 15) is 34.5 Å². The quantitative estimate of drug-likeness (QED) is 0.169. The first kappa shape index (κ1) is 30.3. The maximum absolute atomic E-state index is 13.2. The number of ether oxygens (including phenoxy) is 2. The van der Waals surface area contributed by atoms with Crippen LogP contribution in [0.3, 0.4) is 0 Å². The fourth-order valence-electron chi connectivity index (χ4n) is 4.07. The van der Waals surface area contributed by atoms with E-state index in [1.807, 2.05) is 18.2 Å². The number of amides is 3. The Hall–Kier alpha value is -2.90. The van der Waals surface area contributed by atoms with Crippen molar-refractivity contribution in [2.24, 2.45) is 11.7 Å². The Balaban J connectivity index is 2.18. The van der Waals surface area contributed by atoms with Crippen molar-refractivity contribution >= 4 is 23.5 Å². The third-order valence-corrected chi connectivity index (χ3v) is 6.05. The molecule has 12 heteroatoms. The monoisotopic (exact) mass is 523 g/mol. The van der Waals surface area contributed by atoms with Gasteiger partial charge in [-0.05, 0) is 18.4 Å². The van der Waals surface area contributed by atoms with Gasteiger partial charge in [0.05, 0.1) is 13.2 Å². The van der Waals surface area contributed by atoms with E-state index in [-0.39, 0.29) is 19.3 Å². The molecule has 0 radical (unpaired) electrons. The lowest BCUT2D eigenvalue weighted by Crippen LogP contribution is -2.65. The number of benzene rings is 1. The highest BCUT2D eigenvalue weighted by atomic mass is 16.7. The van der Waals surface area contributed by atoms with Gasteiger partial charge in [0.2, 0.25) is 17.7 Å². The third-order valence-electron chi connectivity index (χ3n) is 6.05. The molecule has 3 amide bonds. The van der Waals surface area contributed by atoms with Crippen LogP contribution in [-0.4, -0.2) is 88.7 Å². The van der Waals surface area contributed by atoms with Gasteiger partial charge in [-0.25, -0.2) is 0 Å². The Labute approximate surface area is 215 Å². The van der Waals surface area contributed by atoms with E-state index in [0.717, 1.165) is 5.56 Å². The van der Waals surface area contributed by atoms with Crippen molar-refractivity contribution in [3.8, 4) is 0 Å². The standard InChI is InChI=1S/C25H37N3O9/c1-3-7-20(32)28-17(18(31)11-16(24(26)35)10-15-8-5-4-6-9-15)13-36-25-21(27-14(2)30)23(34)22(33)19(12-29)37-25/h4-6,8-9,16-17,19,21-23,25,29,33-34H,3,7,10-13H2,1-2H3,(H2,26,35)(H,27,30)(H,28,32)/t16-,17+,19?,21?,22-,23-,25-/m1/s1. The zero-order chi connectivity index (χ0) is 27.5. The summed E-state index contributed by atoms with van der Waals surface area (Å²) < 4.78 is 11.2. The fraction of sp³-hybridized carbons (Fsp3) is 0.600. The van der Waals surface area contributed by atoms with E-state index >= 15 is 0 Å². The molecule has 0 aromatic heterocycles. The minimum absolute atomic E-state index is 0.152. The van der Waals surface area contributed by atoms with Crippen molar-refractivity contribution < 1.29 is 44.0 Å². The number of Topliss-reactive ketones (excluding diaryl/α,β-unsaturated/α-hetero) is 1. The highest BCUT2D eigenvalue weighted by molar-refractivity contribution is 5.92. The molecule has 0 aliphatic carbocycles. The molecule has 7 N–H and O–H groups in total. The molecule has 0 spiro atoms. The van der Waals surface area contributed by atoms with Gasteiger partial charge < -0.3 is 41.2 Å². The third kappa shape index (κ3) is 9.17. The summed E-state index contributed by atoms with van der Waals surface area (Å²) in [6.45, 7) is 1.93. The van der Waals surface area contributed by atoms with Crippen molar-refractivity contribution in [2.75, 3.05) is 13.2 Å². The topological polar surface area (TPSA) is 198 Å². The summed E-state index contributed by atoms with van der Waals surface area (Å²) in [6.07, 6.45) is -4.94. The largest absolute Gasteiger partial charge is 0.394 e. The number of aliphatic hydroxyl groups excluding tert-OH is 3. The van der Waals surface area contributed by atoms with Crippen LogP contribution in [0.5, 0.6) is 0 Å². The van der Waals surface area contributed by atoms with Crippen molar-refractivity contribution in [1.29, 1.82) is 0 Å². The van der Waals surface area contributed by atoms with Crippen molar-refractivity contribution in [3.63, 3.8) is 0 Å². The van der Waals surface area contributed by atoms with Gasteiger partial charge >= 0.3 is 0 Å². The molecule has 1 aliphatic heterocycles. The van der Waals surface area contributed by atoms with Crippen molar-refractivity contribution in [1.82, 2.24) is 10.6 Å². The average molecular weight is 524 g/mol. The van der Waals surface area contributed by atoms with Crippen molar-refractivity contribution in [2.45, 2.75) is 76.2 Å². The second-order valence-electron chi connectivity index (χ2n) is 9.10. The first-order valence-electron chi connectivity index (χ1n) is 12.2. The number of nitrogens with two attached hydrogens (primary N) is 1. The number of carbonyl (C=O) groups excluding carboxylic acids is 4. The first-order chi connectivity index (χ1) is 17.6. The Morgan fingerprint density at radius 3 is 2.38 bits per heavy atom. The molecular formula is C25H37N3O9. The van der Waals surface area contributed by atoms with Gasteiger partial charge in [0.1, 0.15) is 30.4 Å². The number of aliphatic hydroxyl groups is 3. The lowest BCUT2D eigenvalue weighted by Gasteiger charge is -2.42. The zero-order valence-electron chi connectivity index (χ0n) is 21.0. The SMILES string of the molecule is CCCC(=O)N[C@@H](CO[C@@H]1OC(CO)[C@@H](O)[C@H](O)C1NC(C)=O)C(=O)C[C@@H](Cc1ccccc1)C(N)=O. The van der Waals surface area contributed by atoms with Gasteiger partial charge in [0.15, 0.2) is 12.1 Å². The zero-order valence-corrected chi connectivity index (χ0v) is 21.0. The summed E-state index contributed by atoms with van der Waals surface area (Å²) in [5, 5.41) is 35.1. The Kier molecular flexibility index (Phi) is 12.1. The number of nitrogens with one attached hydrogen (secondary N) is 2. The number of hydrogen-bond donors (Lipinski definition) is 6. The lowest BCUT2D eigenvalue weighted by molar-refractivity contribution is -0.270. The van der Waals surface area contributed by atoms with Gasteiger partial charge in [-0.3, -0.25) is 19.2 Å². The lowest BCUT2D eigenvalue weighted by atomic mass is 9.91. The number of carbonyl (C=O) groups is 4. The van der Waals surface area contributed by atoms with Crippen LogP contribution in [0.15, 0.2) is 30.3 Å². The molecule has 2 rings (SSSR count). The summed E-state index contributed by atoms with van der Waals surface area (Å²) in [5.41, 5.74) is 6.37. The van der Waals surface area contributed by atoms with Gasteiger partial charge in [-0.2, -0.15) is 0 Å². The number of hydrogen-bond acceptors (Lipinski definition) is 9. The summed E-state index contributed by atoms with van der Waals surface area (Å²) >= 11 is 0. The molecule has 1 saturated heterocycles. The fourth-order valence-corrected chi connectivity index (χ4v) is 4.07. The summed E-state index contributed by atoms with van der Waals surface area (Å²) in [4.78, 5) is 49.3. The maximum Gasteiger partial charge on any atom is 0.221 e. The van der Waals surface area contributed by atoms with Gasteiger partial charge in [-0.15, -0.1) is 0 Å². The molecule has 0 bridgehead atoms. The van der Waals surface area contributed by atoms with Crippen LogP contribution in [0.2, 0.25) is 0 Å².